The fraction of sp³-hybridized carbons (Fsp3) is 0.643. The molecule has 0 saturated heterocycles. The molecule has 2 heterocycles. The van der Waals surface area contributed by atoms with Gasteiger partial charge in [-0.25, -0.2) is 4.98 Å². The van der Waals surface area contributed by atoms with Crippen molar-refractivity contribution in [1.29, 1.82) is 0 Å². The van der Waals surface area contributed by atoms with Gasteiger partial charge in [-0.3, -0.25) is 4.40 Å². The number of hydrogen-bond donors (Lipinski definition) is 2. The molecule has 0 bridgehead atoms. The molecule has 1 fully saturated rings. The molecule has 0 aliphatic heterocycles. The van der Waals surface area contributed by atoms with Gasteiger partial charge in [-0.15, -0.1) is 10.2 Å². The van der Waals surface area contributed by atoms with Crippen LogP contribution in [0.5, 0.6) is 0 Å². The van der Waals surface area contributed by atoms with Crippen LogP contribution in [0.1, 0.15) is 38.4 Å². The zero-order valence-corrected chi connectivity index (χ0v) is 12.0. The molecule has 20 heavy (non-hydrogen) atoms. The Kier molecular flexibility index (Phi) is 3.33. The summed E-state index contributed by atoms with van der Waals surface area (Å²) < 4.78 is 1.91. The highest BCUT2D eigenvalue weighted by Crippen LogP contribution is 2.34. The van der Waals surface area contributed by atoms with Crippen molar-refractivity contribution < 1.29 is 5.11 Å². The molecule has 3 rings (SSSR count). The Hall–Kier alpha value is -1.69. The monoisotopic (exact) mass is 275 g/mol. The van der Waals surface area contributed by atoms with Crippen molar-refractivity contribution in [3.05, 3.63) is 18.2 Å². The van der Waals surface area contributed by atoms with Crippen LogP contribution in [0.25, 0.3) is 5.65 Å². The predicted octanol–water partition coefficient (Wildman–Crippen LogP) is 1.79. The maximum absolute atomic E-state index is 9.83. The van der Waals surface area contributed by atoms with Crippen molar-refractivity contribution in [3.8, 4) is 0 Å². The molecule has 1 saturated carbocycles. The highest BCUT2D eigenvalue weighted by Gasteiger charge is 2.34. The van der Waals surface area contributed by atoms with Gasteiger partial charge in [0.2, 0.25) is 5.65 Å². The first-order valence-corrected chi connectivity index (χ1v) is 7.19. The Morgan fingerprint density at radius 2 is 2.15 bits per heavy atom. The molecule has 6 nitrogen and oxygen atoms in total. The van der Waals surface area contributed by atoms with Crippen molar-refractivity contribution >= 4 is 11.5 Å². The smallest absolute Gasteiger partial charge is 0.203 e. The second-order valence-corrected chi connectivity index (χ2v) is 5.96. The summed E-state index contributed by atoms with van der Waals surface area (Å²) in [7, 11) is 0. The number of aliphatic hydroxyl groups excluding tert-OH is 1. The zero-order valence-electron chi connectivity index (χ0n) is 12.0. The molecule has 2 N–H and O–H groups in total. The Bertz CT molecular complexity index is 601. The fourth-order valence-electron chi connectivity index (χ4n) is 2.92. The SMILES string of the molecule is Cc1nnc2c(NC3(CO)CCC(C)CC3)nccn12. The van der Waals surface area contributed by atoms with Crippen LogP contribution in [-0.4, -0.2) is 36.8 Å². The number of nitrogens with one attached hydrogen (secondary N) is 1. The van der Waals surface area contributed by atoms with Gasteiger partial charge in [-0.05, 0) is 38.5 Å². The Balaban J connectivity index is 1.91. The van der Waals surface area contributed by atoms with Crippen LogP contribution < -0.4 is 5.32 Å². The van der Waals surface area contributed by atoms with Gasteiger partial charge in [0.25, 0.3) is 0 Å². The lowest BCUT2D eigenvalue weighted by molar-refractivity contribution is 0.155. The second kappa shape index (κ2) is 5.01. The van der Waals surface area contributed by atoms with E-state index < -0.39 is 0 Å². The lowest BCUT2D eigenvalue weighted by Crippen LogP contribution is -2.45. The number of hydrogen-bond acceptors (Lipinski definition) is 5. The minimum atomic E-state index is -0.277. The van der Waals surface area contributed by atoms with Crippen molar-refractivity contribution in [1.82, 2.24) is 19.6 Å². The van der Waals surface area contributed by atoms with Crippen molar-refractivity contribution in [2.24, 2.45) is 5.92 Å². The number of aromatic nitrogens is 4. The van der Waals surface area contributed by atoms with Crippen molar-refractivity contribution in [3.63, 3.8) is 0 Å². The lowest BCUT2D eigenvalue weighted by Gasteiger charge is -2.39. The van der Waals surface area contributed by atoms with Gasteiger partial charge >= 0.3 is 0 Å². The summed E-state index contributed by atoms with van der Waals surface area (Å²) in [6.45, 7) is 4.30. The van der Waals surface area contributed by atoms with Crippen LogP contribution in [-0.2, 0) is 0 Å². The standard InChI is InChI=1S/C14H21N5O/c1-10-3-5-14(9-20,6-4-10)16-12-13-18-17-11(2)19(13)8-7-15-12/h7-8,10,20H,3-6,9H2,1-2H3,(H,15,16). The van der Waals surface area contributed by atoms with Crippen LogP contribution in [0.2, 0.25) is 0 Å². The third-order valence-electron chi connectivity index (χ3n) is 4.42. The van der Waals surface area contributed by atoms with Crippen LogP contribution in [0.15, 0.2) is 12.4 Å². The molecular weight excluding hydrogens is 254 g/mol. The average molecular weight is 275 g/mol. The highest BCUT2D eigenvalue weighted by molar-refractivity contribution is 5.63. The molecule has 0 unspecified atom stereocenters. The average Bonchev–Trinajstić information content (AvgIpc) is 2.85. The first-order chi connectivity index (χ1) is 9.63. The number of aliphatic hydroxyl groups is 1. The normalized spacial score (nSPS) is 26.9. The van der Waals surface area contributed by atoms with Crippen molar-refractivity contribution in [2.75, 3.05) is 11.9 Å². The summed E-state index contributed by atoms with van der Waals surface area (Å²) in [5.41, 5.74) is 0.442. The Morgan fingerprint density at radius 3 is 2.85 bits per heavy atom. The minimum Gasteiger partial charge on any atom is -0.394 e. The molecule has 2 aromatic heterocycles. The molecule has 0 aromatic carbocycles. The summed E-state index contributed by atoms with van der Waals surface area (Å²) in [5.74, 6) is 2.27. The summed E-state index contributed by atoms with van der Waals surface area (Å²) in [4.78, 5) is 4.38. The van der Waals surface area contributed by atoms with Crippen LogP contribution in [0.3, 0.4) is 0 Å². The topological polar surface area (TPSA) is 75.3 Å². The van der Waals surface area contributed by atoms with Crippen LogP contribution in [0.4, 0.5) is 5.82 Å². The van der Waals surface area contributed by atoms with E-state index in [1.54, 1.807) is 6.20 Å². The maximum Gasteiger partial charge on any atom is 0.203 e. The Morgan fingerprint density at radius 1 is 1.40 bits per heavy atom. The molecule has 1 aliphatic rings. The Labute approximate surface area is 118 Å². The number of anilines is 1. The van der Waals surface area contributed by atoms with Crippen LogP contribution >= 0.6 is 0 Å². The summed E-state index contributed by atoms with van der Waals surface area (Å²) in [5, 5.41) is 21.5. The minimum absolute atomic E-state index is 0.121. The second-order valence-electron chi connectivity index (χ2n) is 5.96. The lowest BCUT2D eigenvalue weighted by atomic mass is 9.77. The van der Waals surface area contributed by atoms with Crippen molar-refractivity contribution in [2.45, 2.75) is 45.1 Å². The third-order valence-corrected chi connectivity index (χ3v) is 4.42. The number of nitrogens with zero attached hydrogens (tertiary/aromatic N) is 4. The molecule has 2 aromatic rings. The van der Waals surface area contributed by atoms with E-state index in [2.05, 4.69) is 27.4 Å². The molecule has 0 atom stereocenters. The van der Waals surface area contributed by atoms with E-state index in [1.807, 2.05) is 17.5 Å². The highest BCUT2D eigenvalue weighted by atomic mass is 16.3. The van der Waals surface area contributed by atoms with Gasteiger partial charge in [0, 0.05) is 12.4 Å². The largest absolute Gasteiger partial charge is 0.394 e. The first-order valence-electron chi connectivity index (χ1n) is 7.19. The zero-order chi connectivity index (χ0) is 14.2. The number of fused-ring (bicyclic) bond motifs is 1. The summed E-state index contributed by atoms with van der Waals surface area (Å²) in [6, 6.07) is 0. The van der Waals surface area contributed by atoms with E-state index in [1.165, 1.54) is 0 Å². The number of rotatable bonds is 3. The molecule has 0 spiro atoms. The van der Waals surface area contributed by atoms with E-state index in [-0.39, 0.29) is 12.1 Å². The van der Waals surface area contributed by atoms with Gasteiger partial charge in [0.05, 0.1) is 12.1 Å². The quantitative estimate of drug-likeness (QED) is 0.893. The molecule has 0 amide bonds. The van der Waals surface area contributed by atoms with Gasteiger partial charge in [-0.1, -0.05) is 6.92 Å². The first kappa shape index (κ1) is 13.3. The van der Waals surface area contributed by atoms with E-state index in [9.17, 15) is 5.11 Å². The summed E-state index contributed by atoms with van der Waals surface area (Å²) in [6.07, 6.45) is 7.76. The number of aryl methyl sites for hydroxylation is 1. The van der Waals surface area contributed by atoms with Gasteiger partial charge in [-0.2, -0.15) is 0 Å². The van der Waals surface area contributed by atoms with E-state index >= 15 is 0 Å². The molecule has 6 heteroatoms. The van der Waals surface area contributed by atoms with Gasteiger partial charge in [0.15, 0.2) is 5.82 Å². The molecule has 1 aliphatic carbocycles. The maximum atomic E-state index is 9.83. The van der Waals surface area contributed by atoms with Gasteiger partial charge < -0.3 is 10.4 Å². The van der Waals surface area contributed by atoms with E-state index in [0.29, 0.717) is 5.82 Å². The predicted molar refractivity (Wildman–Crippen MR) is 76.6 cm³/mol. The fourth-order valence-corrected chi connectivity index (χ4v) is 2.92. The van der Waals surface area contributed by atoms with Crippen LogP contribution in [0, 0.1) is 12.8 Å². The molecule has 0 radical (unpaired) electrons. The third kappa shape index (κ3) is 2.24. The molecule has 108 valence electrons. The van der Waals surface area contributed by atoms with E-state index in [0.717, 1.165) is 43.1 Å². The summed E-state index contributed by atoms with van der Waals surface area (Å²) >= 11 is 0. The van der Waals surface area contributed by atoms with E-state index in [4.69, 9.17) is 0 Å². The van der Waals surface area contributed by atoms with Gasteiger partial charge in [0.1, 0.15) is 5.82 Å². The molecular formula is C14H21N5O.